The first kappa shape index (κ1) is 12.2. The second-order valence-electron chi connectivity index (χ2n) is 4.59. The van der Waals surface area contributed by atoms with Crippen LogP contribution in [0.3, 0.4) is 0 Å². The van der Waals surface area contributed by atoms with E-state index >= 15 is 0 Å². The Morgan fingerprint density at radius 1 is 1.20 bits per heavy atom. The molecule has 1 aromatic rings. The predicted octanol–water partition coefficient (Wildman–Crippen LogP) is 2.10. The van der Waals surface area contributed by atoms with E-state index in [1.807, 2.05) is 6.07 Å². The highest BCUT2D eigenvalue weighted by Gasteiger charge is 2.10. The van der Waals surface area contributed by atoms with Crippen LogP contribution in [-0.4, -0.2) is 24.5 Å². The molecule has 15 heavy (non-hydrogen) atoms. The van der Waals surface area contributed by atoms with Crippen molar-refractivity contribution in [3.05, 3.63) is 35.9 Å². The van der Waals surface area contributed by atoms with Gasteiger partial charge in [0.25, 0.3) is 0 Å². The number of hydrogen-bond donors (Lipinski definition) is 1. The van der Waals surface area contributed by atoms with Crippen molar-refractivity contribution in [2.45, 2.75) is 26.4 Å². The fourth-order valence-corrected chi connectivity index (χ4v) is 1.53. The van der Waals surface area contributed by atoms with Crippen LogP contribution in [0.15, 0.2) is 30.3 Å². The Labute approximate surface area is 93.1 Å². The van der Waals surface area contributed by atoms with E-state index in [0.717, 1.165) is 13.1 Å². The first-order valence-corrected chi connectivity index (χ1v) is 5.57. The largest absolute Gasteiger partial charge is 0.326 e. The molecule has 0 radical (unpaired) electrons. The number of hydrogen-bond acceptors (Lipinski definition) is 2. The topological polar surface area (TPSA) is 29.3 Å². The van der Waals surface area contributed by atoms with Gasteiger partial charge in [-0.25, -0.2) is 0 Å². The average molecular weight is 206 g/mol. The first-order valence-electron chi connectivity index (χ1n) is 5.57. The van der Waals surface area contributed by atoms with E-state index in [1.54, 1.807) is 0 Å². The molecule has 1 rings (SSSR count). The zero-order valence-electron chi connectivity index (χ0n) is 9.98. The highest BCUT2D eigenvalue weighted by atomic mass is 15.1. The second-order valence-corrected chi connectivity index (χ2v) is 4.59. The Morgan fingerprint density at radius 2 is 1.80 bits per heavy atom. The number of nitrogens with two attached hydrogens (primary N) is 1. The molecule has 0 saturated heterocycles. The SMILES string of the molecule is CC(C)[C@@H](N)CN(C)Cc1ccccc1. The van der Waals surface area contributed by atoms with Gasteiger partial charge in [-0.15, -0.1) is 0 Å². The molecular weight excluding hydrogens is 184 g/mol. The quantitative estimate of drug-likeness (QED) is 0.799. The standard InChI is InChI=1S/C13H22N2/c1-11(2)13(14)10-15(3)9-12-7-5-4-6-8-12/h4-8,11,13H,9-10,14H2,1-3H3/t13-/m0/s1. The third-order valence-electron chi connectivity index (χ3n) is 2.67. The van der Waals surface area contributed by atoms with Crippen molar-refractivity contribution < 1.29 is 0 Å². The van der Waals surface area contributed by atoms with Gasteiger partial charge in [-0.1, -0.05) is 44.2 Å². The van der Waals surface area contributed by atoms with Crippen molar-refractivity contribution in [2.24, 2.45) is 11.7 Å². The van der Waals surface area contributed by atoms with E-state index < -0.39 is 0 Å². The van der Waals surface area contributed by atoms with Crippen LogP contribution in [0.1, 0.15) is 19.4 Å². The monoisotopic (exact) mass is 206 g/mol. The summed E-state index contributed by atoms with van der Waals surface area (Å²) in [7, 11) is 2.12. The molecule has 2 heteroatoms. The molecule has 0 aromatic heterocycles. The Kier molecular flexibility index (Phi) is 4.79. The summed E-state index contributed by atoms with van der Waals surface area (Å²) in [6.45, 7) is 6.26. The van der Waals surface area contributed by atoms with Gasteiger partial charge in [0.2, 0.25) is 0 Å². The molecule has 0 bridgehead atoms. The predicted molar refractivity (Wildman–Crippen MR) is 65.6 cm³/mol. The summed E-state index contributed by atoms with van der Waals surface area (Å²) in [5, 5.41) is 0. The van der Waals surface area contributed by atoms with Gasteiger partial charge in [0, 0.05) is 19.1 Å². The minimum absolute atomic E-state index is 0.263. The second kappa shape index (κ2) is 5.89. The molecule has 0 saturated carbocycles. The molecule has 2 N–H and O–H groups in total. The fraction of sp³-hybridized carbons (Fsp3) is 0.538. The summed E-state index contributed by atoms with van der Waals surface area (Å²) in [4.78, 5) is 2.28. The maximum absolute atomic E-state index is 6.03. The summed E-state index contributed by atoms with van der Waals surface area (Å²) < 4.78 is 0. The van der Waals surface area contributed by atoms with Gasteiger partial charge < -0.3 is 10.6 Å². The van der Waals surface area contributed by atoms with Crippen molar-refractivity contribution in [3.8, 4) is 0 Å². The third kappa shape index (κ3) is 4.45. The third-order valence-corrected chi connectivity index (χ3v) is 2.67. The van der Waals surface area contributed by atoms with Crippen molar-refractivity contribution in [3.63, 3.8) is 0 Å². The minimum Gasteiger partial charge on any atom is -0.326 e. The van der Waals surface area contributed by atoms with Gasteiger partial charge in [-0.05, 0) is 18.5 Å². The molecule has 0 aliphatic carbocycles. The van der Waals surface area contributed by atoms with Crippen LogP contribution in [-0.2, 0) is 6.54 Å². The first-order chi connectivity index (χ1) is 7.09. The highest BCUT2D eigenvalue weighted by molar-refractivity contribution is 5.14. The Hall–Kier alpha value is -0.860. The lowest BCUT2D eigenvalue weighted by Gasteiger charge is -2.23. The Morgan fingerprint density at radius 3 is 2.33 bits per heavy atom. The van der Waals surface area contributed by atoms with Gasteiger partial charge in [-0.3, -0.25) is 0 Å². The molecule has 0 spiro atoms. The minimum atomic E-state index is 0.263. The lowest BCUT2D eigenvalue weighted by atomic mass is 10.1. The van der Waals surface area contributed by atoms with Gasteiger partial charge >= 0.3 is 0 Å². The molecule has 0 unspecified atom stereocenters. The normalized spacial score (nSPS) is 13.5. The maximum atomic E-state index is 6.03. The Bertz CT molecular complexity index is 269. The van der Waals surface area contributed by atoms with Gasteiger partial charge in [0.1, 0.15) is 0 Å². The van der Waals surface area contributed by atoms with Crippen LogP contribution >= 0.6 is 0 Å². The van der Waals surface area contributed by atoms with Crippen LogP contribution in [0.2, 0.25) is 0 Å². The van der Waals surface area contributed by atoms with E-state index in [-0.39, 0.29) is 6.04 Å². The lowest BCUT2D eigenvalue weighted by molar-refractivity contribution is 0.277. The number of benzene rings is 1. The van der Waals surface area contributed by atoms with E-state index in [2.05, 4.69) is 50.1 Å². The molecule has 1 atom stereocenters. The van der Waals surface area contributed by atoms with Crippen LogP contribution in [0, 0.1) is 5.92 Å². The molecule has 0 aliphatic rings. The Balaban J connectivity index is 2.39. The molecule has 0 heterocycles. The molecular formula is C13H22N2. The molecule has 0 aliphatic heterocycles. The molecule has 2 nitrogen and oxygen atoms in total. The van der Waals surface area contributed by atoms with E-state index in [4.69, 9.17) is 5.73 Å². The van der Waals surface area contributed by atoms with Crippen LogP contribution < -0.4 is 5.73 Å². The molecule has 0 amide bonds. The van der Waals surface area contributed by atoms with Gasteiger partial charge in [0.15, 0.2) is 0 Å². The lowest BCUT2D eigenvalue weighted by Crippen LogP contribution is -2.38. The number of likely N-dealkylation sites (N-methyl/N-ethyl adjacent to an activating group) is 1. The van der Waals surface area contributed by atoms with Crippen molar-refractivity contribution in [1.82, 2.24) is 4.90 Å². The molecule has 0 fully saturated rings. The summed E-state index contributed by atoms with van der Waals surface area (Å²) in [5.41, 5.74) is 7.37. The van der Waals surface area contributed by atoms with E-state index in [9.17, 15) is 0 Å². The highest BCUT2D eigenvalue weighted by Crippen LogP contribution is 2.05. The number of rotatable bonds is 5. The van der Waals surface area contributed by atoms with Crippen molar-refractivity contribution >= 4 is 0 Å². The van der Waals surface area contributed by atoms with Gasteiger partial charge in [-0.2, -0.15) is 0 Å². The summed E-state index contributed by atoms with van der Waals surface area (Å²) in [6.07, 6.45) is 0. The van der Waals surface area contributed by atoms with Gasteiger partial charge in [0.05, 0.1) is 0 Å². The molecule has 1 aromatic carbocycles. The van der Waals surface area contributed by atoms with Crippen LogP contribution in [0.25, 0.3) is 0 Å². The zero-order chi connectivity index (χ0) is 11.3. The van der Waals surface area contributed by atoms with Crippen molar-refractivity contribution in [1.29, 1.82) is 0 Å². The maximum Gasteiger partial charge on any atom is 0.0231 e. The van der Waals surface area contributed by atoms with Crippen LogP contribution in [0.4, 0.5) is 0 Å². The smallest absolute Gasteiger partial charge is 0.0231 e. The number of nitrogens with zero attached hydrogens (tertiary/aromatic N) is 1. The molecule has 84 valence electrons. The van der Waals surface area contributed by atoms with E-state index in [1.165, 1.54) is 5.56 Å². The summed E-state index contributed by atoms with van der Waals surface area (Å²) in [5.74, 6) is 0.545. The van der Waals surface area contributed by atoms with E-state index in [0.29, 0.717) is 5.92 Å². The summed E-state index contributed by atoms with van der Waals surface area (Å²) >= 11 is 0. The fourth-order valence-electron chi connectivity index (χ4n) is 1.53. The summed E-state index contributed by atoms with van der Waals surface area (Å²) in [6, 6.07) is 10.8. The van der Waals surface area contributed by atoms with Crippen LogP contribution in [0.5, 0.6) is 0 Å². The van der Waals surface area contributed by atoms with Crippen molar-refractivity contribution in [2.75, 3.05) is 13.6 Å². The average Bonchev–Trinajstić information content (AvgIpc) is 2.18. The zero-order valence-corrected chi connectivity index (χ0v) is 9.98.